The standard InChI is InChI=1S/C21H34/c1-9-10-21(14-15(21)2)18-12-16(19(3,4)5)11-17(13-18)20(6,7)8/h11-13,15H,9-10,14H2,1-8H3. The van der Waals surface area contributed by atoms with Crippen LogP contribution in [-0.4, -0.2) is 0 Å². The van der Waals surface area contributed by atoms with Crippen molar-refractivity contribution in [3.63, 3.8) is 0 Å². The zero-order chi connectivity index (χ0) is 16.1. The van der Waals surface area contributed by atoms with Crippen LogP contribution in [-0.2, 0) is 16.2 Å². The van der Waals surface area contributed by atoms with Crippen molar-refractivity contribution in [3.05, 3.63) is 34.9 Å². The molecule has 2 atom stereocenters. The lowest BCUT2D eigenvalue weighted by molar-refractivity contribution is 0.540. The van der Waals surface area contributed by atoms with Gasteiger partial charge in [0.2, 0.25) is 0 Å². The SMILES string of the molecule is CCCC1(c2cc(C(C)(C)C)cc(C(C)(C)C)c2)CC1C. The van der Waals surface area contributed by atoms with E-state index in [0.717, 1.165) is 5.92 Å². The van der Waals surface area contributed by atoms with Crippen LogP contribution in [0.15, 0.2) is 18.2 Å². The Bertz CT molecular complexity index is 478. The largest absolute Gasteiger partial charge is 0.0654 e. The molecule has 1 aliphatic rings. The highest BCUT2D eigenvalue weighted by Crippen LogP contribution is 2.57. The highest BCUT2D eigenvalue weighted by molar-refractivity contribution is 5.43. The minimum atomic E-state index is 0.224. The van der Waals surface area contributed by atoms with Crippen LogP contribution >= 0.6 is 0 Å². The smallest absolute Gasteiger partial charge is 0.00181 e. The molecule has 1 aromatic rings. The first kappa shape index (κ1) is 16.6. The molecule has 2 rings (SSSR count). The topological polar surface area (TPSA) is 0 Å². The van der Waals surface area contributed by atoms with Crippen molar-refractivity contribution in [2.24, 2.45) is 5.92 Å². The maximum atomic E-state index is 2.51. The molecular formula is C21H34. The van der Waals surface area contributed by atoms with Gasteiger partial charge in [0.1, 0.15) is 0 Å². The molecule has 0 aliphatic heterocycles. The summed E-state index contributed by atoms with van der Waals surface area (Å²) in [4.78, 5) is 0. The van der Waals surface area contributed by atoms with Crippen molar-refractivity contribution < 1.29 is 0 Å². The summed E-state index contributed by atoms with van der Waals surface area (Å²) in [5.74, 6) is 0.848. The zero-order valence-electron chi connectivity index (χ0n) is 15.4. The van der Waals surface area contributed by atoms with Crippen LogP contribution in [0.2, 0.25) is 0 Å². The second kappa shape index (κ2) is 5.14. The third-order valence-electron chi connectivity index (χ3n) is 5.39. The van der Waals surface area contributed by atoms with Gasteiger partial charge in [-0.25, -0.2) is 0 Å². The van der Waals surface area contributed by atoms with E-state index in [0.29, 0.717) is 5.41 Å². The lowest BCUT2D eigenvalue weighted by Crippen LogP contribution is -2.19. The molecular weight excluding hydrogens is 252 g/mol. The summed E-state index contributed by atoms with van der Waals surface area (Å²) in [6, 6.07) is 7.46. The molecule has 0 bridgehead atoms. The number of benzene rings is 1. The third kappa shape index (κ3) is 3.20. The third-order valence-corrected chi connectivity index (χ3v) is 5.39. The fourth-order valence-corrected chi connectivity index (χ4v) is 3.61. The number of hydrogen-bond acceptors (Lipinski definition) is 0. The van der Waals surface area contributed by atoms with E-state index in [-0.39, 0.29) is 10.8 Å². The van der Waals surface area contributed by atoms with E-state index < -0.39 is 0 Å². The molecule has 0 radical (unpaired) electrons. The molecule has 1 aromatic carbocycles. The maximum Gasteiger partial charge on any atom is -0.00181 e. The van der Waals surface area contributed by atoms with Gasteiger partial charge in [-0.05, 0) is 51.7 Å². The molecule has 1 aliphatic carbocycles. The monoisotopic (exact) mass is 286 g/mol. The van der Waals surface area contributed by atoms with Crippen molar-refractivity contribution in [1.82, 2.24) is 0 Å². The van der Waals surface area contributed by atoms with Gasteiger partial charge in [0.25, 0.3) is 0 Å². The Morgan fingerprint density at radius 3 is 1.67 bits per heavy atom. The van der Waals surface area contributed by atoms with Crippen LogP contribution in [0.5, 0.6) is 0 Å². The molecule has 0 nitrogen and oxygen atoms in total. The van der Waals surface area contributed by atoms with Crippen LogP contribution in [0.4, 0.5) is 0 Å². The fourth-order valence-electron chi connectivity index (χ4n) is 3.61. The molecule has 1 fully saturated rings. The van der Waals surface area contributed by atoms with E-state index in [2.05, 4.69) is 73.6 Å². The van der Waals surface area contributed by atoms with Gasteiger partial charge >= 0.3 is 0 Å². The van der Waals surface area contributed by atoms with E-state index >= 15 is 0 Å². The van der Waals surface area contributed by atoms with Crippen molar-refractivity contribution >= 4 is 0 Å². The Kier molecular flexibility index (Phi) is 4.06. The highest BCUT2D eigenvalue weighted by Gasteiger charge is 2.51. The first-order chi connectivity index (χ1) is 9.50. The van der Waals surface area contributed by atoms with E-state index in [1.807, 2.05) is 0 Å². The summed E-state index contributed by atoms with van der Waals surface area (Å²) in [5.41, 5.74) is 5.52. The Hall–Kier alpha value is -0.780. The summed E-state index contributed by atoms with van der Waals surface area (Å²) in [7, 11) is 0. The molecule has 0 amide bonds. The summed E-state index contributed by atoms with van der Waals surface area (Å²) in [5, 5.41) is 0. The van der Waals surface area contributed by atoms with Gasteiger partial charge in [0.05, 0.1) is 0 Å². The Morgan fingerprint density at radius 2 is 1.38 bits per heavy atom. The van der Waals surface area contributed by atoms with E-state index in [1.165, 1.54) is 30.4 Å². The lowest BCUT2D eigenvalue weighted by Gasteiger charge is -2.28. The summed E-state index contributed by atoms with van der Waals surface area (Å²) in [6.45, 7) is 18.8. The molecule has 0 heterocycles. The molecule has 0 N–H and O–H groups in total. The second-order valence-corrected chi connectivity index (χ2v) is 9.31. The average molecular weight is 287 g/mol. The average Bonchev–Trinajstić information content (AvgIpc) is 2.99. The van der Waals surface area contributed by atoms with Gasteiger partial charge in [0.15, 0.2) is 0 Å². The van der Waals surface area contributed by atoms with Crippen molar-refractivity contribution in [1.29, 1.82) is 0 Å². The Morgan fingerprint density at radius 1 is 0.952 bits per heavy atom. The van der Waals surface area contributed by atoms with Crippen LogP contribution in [0.1, 0.15) is 91.3 Å². The van der Waals surface area contributed by atoms with Crippen LogP contribution in [0.3, 0.4) is 0 Å². The normalized spacial score (nSPS) is 26.0. The number of hydrogen-bond donors (Lipinski definition) is 0. The van der Waals surface area contributed by atoms with E-state index in [1.54, 1.807) is 5.56 Å². The zero-order valence-corrected chi connectivity index (χ0v) is 15.4. The second-order valence-electron chi connectivity index (χ2n) is 9.31. The van der Waals surface area contributed by atoms with Crippen LogP contribution < -0.4 is 0 Å². The molecule has 2 unspecified atom stereocenters. The first-order valence-electron chi connectivity index (χ1n) is 8.67. The summed E-state index contributed by atoms with van der Waals surface area (Å²) in [6.07, 6.45) is 4.00. The molecule has 0 spiro atoms. The fraction of sp³-hybridized carbons (Fsp3) is 0.714. The molecule has 1 saturated carbocycles. The molecule has 0 aromatic heterocycles. The maximum absolute atomic E-state index is 2.51. The molecule has 118 valence electrons. The summed E-state index contributed by atoms with van der Waals surface area (Å²) < 4.78 is 0. The van der Waals surface area contributed by atoms with Crippen LogP contribution in [0.25, 0.3) is 0 Å². The quantitative estimate of drug-likeness (QED) is 0.606. The van der Waals surface area contributed by atoms with Gasteiger partial charge in [-0.2, -0.15) is 0 Å². The van der Waals surface area contributed by atoms with E-state index in [9.17, 15) is 0 Å². The predicted molar refractivity (Wildman–Crippen MR) is 94.2 cm³/mol. The van der Waals surface area contributed by atoms with Gasteiger partial charge in [-0.1, -0.05) is 80.0 Å². The van der Waals surface area contributed by atoms with Gasteiger partial charge in [-0.15, -0.1) is 0 Å². The molecule has 21 heavy (non-hydrogen) atoms. The lowest BCUT2D eigenvalue weighted by atomic mass is 9.76. The minimum absolute atomic E-state index is 0.224. The Labute approximate surface area is 132 Å². The van der Waals surface area contributed by atoms with Gasteiger partial charge in [0, 0.05) is 0 Å². The van der Waals surface area contributed by atoms with Crippen molar-refractivity contribution in [2.45, 2.75) is 90.9 Å². The van der Waals surface area contributed by atoms with Crippen molar-refractivity contribution in [2.75, 3.05) is 0 Å². The molecule has 0 heteroatoms. The van der Waals surface area contributed by atoms with Crippen LogP contribution in [0, 0.1) is 5.92 Å². The number of rotatable bonds is 3. The molecule has 0 saturated heterocycles. The van der Waals surface area contributed by atoms with Crippen molar-refractivity contribution in [3.8, 4) is 0 Å². The first-order valence-corrected chi connectivity index (χ1v) is 8.67. The van der Waals surface area contributed by atoms with E-state index in [4.69, 9.17) is 0 Å². The minimum Gasteiger partial charge on any atom is -0.0654 e. The highest BCUT2D eigenvalue weighted by atomic mass is 14.5. The summed E-state index contributed by atoms with van der Waals surface area (Å²) >= 11 is 0. The Balaban J connectivity index is 2.56. The predicted octanol–water partition coefficient (Wildman–Crippen LogP) is 6.36. The van der Waals surface area contributed by atoms with Gasteiger partial charge in [-0.3, -0.25) is 0 Å². The van der Waals surface area contributed by atoms with Gasteiger partial charge < -0.3 is 0 Å².